The second kappa shape index (κ2) is 15.2. The molecule has 0 saturated heterocycles. The molecule has 4 heteroatoms. The van der Waals surface area contributed by atoms with Crippen molar-refractivity contribution < 1.29 is 8.83 Å². The molecular formula is C60H40N2O2. The minimum Gasteiger partial charge on any atom is -0.456 e. The largest absolute Gasteiger partial charge is 0.456 e. The lowest BCUT2D eigenvalue weighted by molar-refractivity contribution is 0.619. The Bertz CT molecular complexity index is 3550. The van der Waals surface area contributed by atoms with E-state index in [2.05, 4.69) is 206 Å². The van der Waals surface area contributed by atoms with Crippen LogP contribution in [0.2, 0.25) is 0 Å². The molecule has 2 heterocycles. The summed E-state index contributed by atoms with van der Waals surface area (Å²) in [4.78, 5) is 7.14. The van der Waals surface area contributed by atoms with Crippen LogP contribution in [-0.2, 0) is 5.41 Å². The van der Waals surface area contributed by atoms with E-state index >= 15 is 0 Å². The Kier molecular flexibility index (Phi) is 8.84. The van der Waals surface area contributed by atoms with Gasteiger partial charge in [-0.05, 0) is 105 Å². The molecule has 0 aliphatic heterocycles. The number of allylic oxidation sites excluding steroid dienone is 4. The van der Waals surface area contributed by atoms with Crippen LogP contribution in [0.1, 0.15) is 16.7 Å². The summed E-state index contributed by atoms with van der Waals surface area (Å²) in [6, 6.07) is 72.6. The number of oxazole rings is 1. The van der Waals surface area contributed by atoms with Crippen LogP contribution in [0.5, 0.6) is 0 Å². The van der Waals surface area contributed by atoms with Gasteiger partial charge >= 0.3 is 0 Å². The normalized spacial score (nSPS) is 13.2. The van der Waals surface area contributed by atoms with Gasteiger partial charge in [0.25, 0.3) is 0 Å². The van der Waals surface area contributed by atoms with E-state index in [1.54, 1.807) is 0 Å². The zero-order chi connectivity index (χ0) is 42.6. The van der Waals surface area contributed by atoms with Crippen LogP contribution in [0.4, 0.5) is 11.4 Å². The minimum absolute atomic E-state index is 0.515. The molecule has 0 bridgehead atoms. The van der Waals surface area contributed by atoms with Gasteiger partial charge in [-0.25, -0.2) is 4.98 Å². The first-order valence-corrected chi connectivity index (χ1v) is 21.6. The highest BCUT2D eigenvalue weighted by Crippen LogP contribution is 2.53. The van der Waals surface area contributed by atoms with Crippen molar-refractivity contribution in [3.05, 3.63) is 260 Å². The van der Waals surface area contributed by atoms with Gasteiger partial charge in [0.15, 0.2) is 5.58 Å². The van der Waals surface area contributed by atoms with Crippen molar-refractivity contribution in [3.8, 4) is 33.7 Å². The summed E-state index contributed by atoms with van der Waals surface area (Å²) in [6.45, 7) is 4.48. The maximum atomic E-state index is 6.84. The second-order valence-electron chi connectivity index (χ2n) is 16.3. The van der Waals surface area contributed by atoms with Crippen molar-refractivity contribution in [1.82, 2.24) is 4.98 Å². The monoisotopic (exact) mass is 820 g/mol. The molecule has 302 valence electrons. The van der Waals surface area contributed by atoms with Crippen molar-refractivity contribution in [3.63, 3.8) is 0 Å². The van der Waals surface area contributed by atoms with Gasteiger partial charge in [-0.3, -0.25) is 0 Å². The quantitative estimate of drug-likeness (QED) is 0.136. The standard InChI is InChI=1S/C60H40N2O2/c1-2-45(23-17-37-60(44-21-7-4-8-22-44)51-27-13-11-25-48(51)49-26-12-14-28-52(49)60)62(46-34-31-41(32-35-46)40-18-5-3-6-19-40)58-47-24-10-9-20-42(47)38-56-57(58)50-36-33-43(39-55(50)63-56)59-61-53-29-15-16-30-54(53)64-59/h2-39H,1H2/b37-17+,45-23+. The SMILES string of the molecule is C=C/C(=C\C=C\C1(c2ccccc2)c2ccccc2-c2ccccc21)N(c1ccc(-c2ccccc2)cc1)c1c2ccccc2cc2oc3cc(-c4nc5ccccc5o4)ccc3c12. The zero-order valence-electron chi connectivity index (χ0n) is 34.9. The smallest absolute Gasteiger partial charge is 0.227 e. The summed E-state index contributed by atoms with van der Waals surface area (Å²) in [5.41, 5.74) is 14.9. The molecule has 0 fully saturated rings. The molecule has 1 aliphatic rings. The molecule has 2 aromatic heterocycles. The number of hydrogen-bond acceptors (Lipinski definition) is 4. The molecule has 11 aromatic rings. The zero-order valence-corrected chi connectivity index (χ0v) is 34.9. The third kappa shape index (κ3) is 5.95. The molecule has 0 spiro atoms. The van der Waals surface area contributed by atoms with E-state index in [0.29, 0.717) is 5.89 Å². The summed E-state index contributed by atoms with van der Waals surface area (Å²) in [5, 5.41) is 4.14. The highest BCUT2D eigenvalue weighted by atomic mass is 16.3. The molecule has 4 nitrogen and oxygen atoms in total. The lowest BCUT2D eigenvalue weighted by Crippen LogP contribution is -2.24. The number of benzene rings is 9. The van der Waals surface area contributed by atoms with Gasteiger partial charge in [-0.2, -0.15) is 0 Å². The van der Waals surface area contributed by atoms with E-state index in [0.717, 1.165) is 77.6 Å². The first kappa shape index (κ1) is 37.3. The number of fused-ring (bicyclic) bond motifs is 8. The van der Waals surface area contributed by atoms with Crippen molar-refractivity contribution in [2.75, 3.05) is 4.90 Å². The van der Waals surface area contributed by atoms with E-state index in [-0.39, 0.29) is 0 Å². The van der Waals surface area contributed by atoms with Gasteiger partial charge in [-0.1, -0.05) is 176 Å². The summed E-state index contributed by atoms with van der Waals surface area (Å²) in [6.07, 6.45) is 8.75. The van der Waals surface area contributed by atoms with E-state index in [9.17, 15) is 0 Å². The van der Waals surface area contributed by atoms with Gasteiger partial charge in [0, 0.05) is 27.7 Å². The van der Waals surface area contributed by atoms with Crippen LogP contribution in [0.25, 0.3) is 77.5 Å². The summed E-state index contributed by atoms with van der Waals surface area (Å²) in [5.74, 6) is 0.554. The second-order valence-corrected chi connectivity index (χ2v) is 16.3. The van der Waals surface area contributed by atoms with Crippen molar-refractivity contribution in [2.24, 2.45) is 0 Å². The number of para-hydroxylation sites is 2. The average Bonchev–Trinajstić information content (AvgIpc) is 4.05. The third-order valence-corrected chi connectivity index (χ3v) is 12.8. The van der Waals surface area contributed by atoms with Gasteiger partial charge in [-0.15, -0.1) is 0 Å². The molecule has 9 aromatic carbocycles. The Morgan fingerprint density at radius 2 is 1.17 bits per heavy atom. The predicted molar refractivity (Wildman–Crippen MR) is 264 cm³/mol. The van der Waals surface area contributed by atoms with Crippen LogP contribution in [-0.4, -0.2) is 4.98 Å². The Balaban J connectivity index is 1.08. The number of rotatable bonds is 9. The molecule has 12 rings (SSSR count). The van der Waals surface area contributed by atoms with Crippen molar-refractivity contribution in [2.45, 2.75) is 5.41 Å². The Morgan fingerprint density at radius 1 is 0.531 bits per heavy atom. The molecule has 0 N–H and O–H groups in total. The number of furan rings is 1. The first-order chi connectivity index (χ1) is 31.7. The lowest BCUT2D eigenvalue weighted by atomic mass is 9.72. The van der Waals surface area contributed by atoms with Crippen LogP contribution in [0, 0.1) is 0 Å². The molecule has 0 saturated carbocycles. The first-order valence-electron chi connectivity index (χ1n) is 21.6. The van der Waals surface area contributed by atoms with Gasteiger partial charge in [0.2, 0.25) is 5.89 Å². The van der Waals surface area contributed by atoms with Crippen LogP contribution >= 0.6 is 0 Å². The fraction of sp³-hybridized carbons (Fsp3) is 0.0167. The van der Waals surface area contributed by atoms with Crippen LogP contribution < -0.4 is 4.90 Å². The maximum absolute atomic E-state index is 6.84. The summed E-state index contributed by atoms with van der Waals surface area (Å²) >= 11 is 0. The maximum Gasteiger partial charge on any atom is 0.227 e. The topological polar surface area (TPSA) is 42.4 Å². The molecule has 0 amide bonds. The van der Waals surface area contributed by atoms with Crippen molar-refractivity contribution >= 4 is 55.2 Å². The van der Waals surface area contributed by atoms with Gasteiger partial charge in [0.1, 0.15) is 16.7 Å². The summed E-state index contributed by atoms with van der Waals surface area (Å²) < 4.78 is 13.0. The molecule has 1 aliphatic carbocycles. The number of nitrogens with zero attached hydrogens (tertiary/aromatic N) is 2. The summed E-state index contributed by atoms with van der Waals surface area (Å²) in [7, 11) is 0. The number of hydrogen-bond donors (Lipinski definition) is 0. The minimum atomic E-state index is -0.515. The Morgan fingerprint density at radius 3 is 1.92 bits per heavy atom. The van der Waals surface area contributed by atoms with E-state index in [4.69, 9.17) is 13.8 Å². The van der Waals surface area contributed by atoms with Gasteiger partial charge in [0.05, 0.1) is 16.5 Å². The van der Waals surface area contributed by atoms with Gasteiger partial charge < -0.3 is 13.7 Å². The number of aromatic nitrogens is 1. The number of anilines is 2. The fourth-order valence-electron chi connectivity index (χ4n) is 9.86. The van der Waals surface area contributed by atoms with E-state index in [1.807, 2.05) is 36.4 Å². The van der Waals surface area contributed by atoms with Crippen molar-refractivity contribution in [1.29, 1.82) is 0 Å². The molecule has 0 radical (unpaired) electrons. The Hall–Kier alpha value is -8.47. The predicted octanol–water partition coefficient (Wildman–Crippen LogP) is 16.0. The highest BCUT2D eigenvalue weighted by Gasteiger charge is 2.42. The van der Waals surface area contributed by atoms with Crippen LogP contribution in [0.15, 0.2) is 252 Å². The molecular weight excluding hydrogens is 781 g/mol. The fourth-order valence-corrected chi connectivity index (χ4v) is 9.86. The lowest BCUT2D eigenvalue weighted by Gasteiger charge is -2.30. The molecule has 0 atom stereocenters. The highest BCUT2D eigenvalue weighted by molar-refractivity contribution is 6.21. The van der Waals surface area contributed by atoms with E-state index in [1.165, 1.54) is 27.8 Å². The average molecular weight is 821 g/mol. The van der Waals surface area contributed by atoms with E-state index < -0.39 is 5.41 Å². The molecule has 0 unspecified atom stereocenters. The van der Waals surface area contributed by atoms with Crippen LogP contribution in [0.3, 0.4) is 0 Å². The molecule has 64 heavy (non-hydrogen) atoms. The third-order valence-electron chi connectivity index (χ3n) is 12.8. The Labute approximate surface area is 371 Å².